The van der Waals surface area contributed by atoms with Gasteiger partial charge in [0.05, 0.1) is 32.5 Å². The minimum Gasteiger partial charge on any atom is -0.506 e. The van der Waals surface area contributed by atoms with Crippen LogP contribution in [0.4, 0.5) is 49.1 Å². The highest BCUT2D eigenvalue weighted by atomic mass is 32.2. The van der Waals surface area contributed by atoms with Crippen LogP contribution in [0, 0.1) is 0 Å². The summed E-state index contributed by atoms with van der Waals surface area (Å²) in [6.07, 6.45) is -11.6. The van der Waals surface area contributed by atoms with E-state index in [-0.39, 0.29) is 32.7 Å². The molecule has 0 bridgehead atoms. The predicted octanol–water partition coefficient (Wildman–Crippen LogP) is 4.77. The first-order valence-corrected chi connectivity index (χ1v) is 13.4. The molecule has 17 heteroatoms. The first-order chi connectivity index (χ1) is 20.1. The fourth-order valence-electron chi connectivity index (χ4n) is 4.09. The smallest absolute Gasteiger partial charge is 0.411 e. The Morgan fingerprint density at radius 3 is 1.00 bits per heavy atom. The van der Waals surface area contributed by atoms with Crippen LogP contribution < -0.4 is 22.9 Å². The van der Waals surface area contributed by atoms with Crippen LogP contribution >= 0.6 is 0 Å². The minimum atomic E-state index is -5.82. The molecule has 12 N–H and O–H groups in total. The SMILES string of the molecule is Nc1cc(C(c2ccc(O)c(N)c2)(C(F)(F)F)C(F)(F)F)ccc1O.Nc1cc(S(=O)(=O)c2ccc(O)c(N)c2)ccc1O. The van der Waals surface area contributed by atoms with Crippen LogP contribution in [0.1, 0.15) is 11.1 Å². The Labute approximate surface area is 245 Å². The van der Waals surface area contributed by atoms with Crippen molar-refractivity contribution in [2.75, 3.05) is 22.9 Å². The van der Waals surface area contributed by atoms with E-state index in [1.54, 1.807) is 0 Å². The Bertz CT molecular complexity index is 1690. The number of rotatable bonds is 4. The van der Waals surface area contributed by atoms with Crippen molar-refractivity contribution in [3.8, 4) is 23.0 Å². The van der Waals surface area contributed by atoms with Crippen LogP contribution in [0.2, 0.25) is 0 Å². The Hall–Kier alpha value is -5.19. The van der Waals surface area contributed by atoms with Crippen molar-refractivity contribution in [1.29, 1.82) is 0 Å². The van der Waals surface area contributed by atoms with Gasteiger partial charge in [0.25, 0.3) is 0 Å². The third kappa shape index (κ3) is 5.98. The maximum absolute atomic E-state index is 13.8. The van der Waals surface area contributed by atoms with Crippen LogP contribution in [0.15, 0.2) is 82.6 Å². The lowest BCUT2D eigenvalue weighted by Crippen LogP contribution is -2.54. The molecule has 0 fully saturated rings. The highest BCUT2D eigenvalue weighted by Gasteiger charge is 2.72. The van der Waals surface area contributed by atoms with Gasteiger partial charge in [-0.2, -0.15) is 26.3 Å². The monoisotopic (exact) mass is 646 g/mol. The number of phenolic OH excluding ortho intramolecular Hbond substituents is 4. The van der Waals surface area contributed by atoms with Gasteiger partial charge in [-0.1, -0.05) is 12.1 Å². The fourth-order valence-corrected chi connectivity index (χ4v) is 5.42. The average molecular weight is 647 g/mol. The van der Waals surface area contributed by atoms with E-state index in [1.165, 1.54) is 24.3 Å². The number of aromatic hydroxyl groups is 4. The van der Waals surface area contributed by atoms with Gasteiger partial charge in [-0.3, -0.25) is 0 Å². The predicted molar refractivity (Wildman–Crippen MR) is 148 cm³/mol. The van der Waals surface area contributed by atoms with Crippen molar-refractivity contribution in [1.82, 2.24) is 0 Å². The van der Waals surface area contributed by atoms with Gasteiger partial charge >= 0.3 is 12.4 Å². The van der Waals surface area contributed by atoms with Gasteiger partial charge in [-0.25, -0.2) is 8.42 Å². The van der Waals surface area contributed by atoms with E-state index >= 15 is 0 Å². The number of anilines is 4. The Balaban J connectivity index is 0.000000249. The van der Waals surface area contributed by atoms with Crippen molar-refractivity contribution < 1.29 is 55.2 Å². The second kappa shape index (κ2) is 11.5. The minimum absolute atomic E-state index is 0.0344. The van der Waals surface area contributed by atoms with E-state index in [2.05, 4.69) is 0 Å². The zero-order chi connectivity index (χ0) is 33.4. The van der Waals surface area contributed by atoms with E-state index < -0.39 is 61.6 Å². The third-order valence-corrected chi connectivity index (χ3v) is 8.14. The first kappa shape index (κ1) is 33.3. The number of phenols is 4. The van der Waals surface area contributed by atoms with E-state index in [9.17, 15) is 55.2 Å². The Morgan fingerprint density at radius 1 is 0.477 bits per heavy atom. The first-order valence-electron chi connectivity index (χ1n) is 11.9. The van der Waals surface area contributed by atoms with Crippen molar-refractivity contribution in [2.45, 2.75) is 27.6 Å². The topological polar surface area (TPSA) is 219 Å². The highest BCUT2D eigenvalue weighted by Crippen LogP contribution is 2.57. The molecular weight excluding hydrogens is 622 g/mol. The third-order valence-electron chi connectivity index (χ3n) is 6.39. The quantitative estimate of drug-likeness (QED) is 0.0862. The largest absolute Gasteiger partial charge is 0.506 e. The molecule has 0 aliphatic heterocycles. The van der Waals surface area contributed by atoms with Gasteiger partial charge in [-0.05, 0) is 71.8 Å². The lowest BCUT2D eigenvalue weighted by Gasteiger charge is -2.38. The number of alkyl halides is 6. The Kier molecular flexibility index (Phi) is 8.69. The van der Waals surface area contributed by atoms with E-state index in [4.69, 9.17) is 22.9 Å². The van der Waals surface area contributed by atoms with Crippen LogP contribution in [0.25, 0.3) is 0 Å². The maximum Gasteiger partial charge on any atom is 0.411 e. The van der Waals surface area contributed by atoms with Crippen molar-refractivity contribution in [2.24, 2.45) is 0 Å². The summed E-state index contributed by atoms with van der Waals surface area (Å²) in [5.41, 5.74) is 13.2. The number of sulfone groups is 1. The number of nitrogens with two attached hydrogens (primary N) is 4. The summed E-state index contributed by atoms with van der Waals surface area (Å²) >= 11 is 0. The molecule has 4 aromatic carbocycles. The van der Waals surface area contributed by atoms with Crippen LogP contribution in [-0.2, 0) is 15.3 Å². The molecule has 4 rings (SSSR count). The van der Waals surface area contributed by atoms with Crippen molar-refractivity contribution in [3.05, 3.63) is 83.9 Å². The lowest BCUT2D eigenvalue weighted by atomic mass is 9.72. The summed E-state index contributed by atoms with van der Waals surface area (Å²) in [5, 5.41) is 37.2. The molecule has 10 nitrogen and oxygen atoms in total. The second-order valence-electron chi connectivity index (χ2n) is 9.24. The highest BCUT2D eigenvalue weighted by molar-refractivity contribution is 7.91. The van der Waals surface area contributed by atoms with Gasteiger partial charge in [0.1, 0.15) is 23.0 Å². The number of hydrogen-bond acceptors (Lipinski definition) is 10. The zero-order valence-corrected chi connectivity index (χ0v) is 22.8. The van der Waals surface area contributed by atoms with Crippen molar-refractivity contribution in [3.63, 3.8) is 0 Å². The molecule has 236 valence electrons. The molecule has 0 unspecified atom stereocenters. The summed E-state index contributed by atoms with van der Waals surface area (Å²) in [4.78, 5) is -0.124. The molecule has 0 aliphatic carbocycles. The second-order valence-corrected chi connectivity index (χ2v) is 11.2. The molecule has 0 saturated carbocycles. The molecular formula is C27H24F6N4O6S. The summed E-state index contributed by atoms with van der Waals surface area (Å²) in [5.74, 6) is -1.70. The van der Waals surface area contributed by atoms with Crippen LogP contribution in [0.5, 0.6) is 23.0 Å². The molecule has 0 aliphatic rings. The van der Waals surface area contributed by atoms with E-state index in [0.717, 1.165) is 12.1 Å². The zero-order valence-electron chi connectivity index (χ0n) is 22.0. The molecule has 0 radical (unpaired) electrons. The summed E-state index contributed by atoms with van der Waals surface area (Å²) < 4.78 is 107. The standard InChI is InChI=1S/C15H12F6N2O2.C12H12N2O4S/c16-14(17,18)13(15(19,20)21,7-1-3-11(24)9(22)5-7)8-2-4-12(25)10(23)6-8;13-9-5-7(1-3-11(9)15)19(17,18)8-2-4-12(16)10(14)6-8/h1-6,24-25H,22-23H2;1-6,15-16H,13-14H2. The number of benzene rings is 4. The fraction of sp³-hybridized carbons (Fsp3) is 0.111. The molecule has 0 heterocycles. The van der Waals surface area contributed by atoms with Crippen molar-refractivity contribution >= 4 is 32.6 Å². The normalized spacial score (nSPS) is 12.3. The molecule has 0 amide bonds. The van der Waals surface area contributed by atoms with E-state index in [1.807, 2.05) is 0 Å². The van der Waals surface area contributed by atoms with Gasteiger partial charge in [-0.15, -0.1) is 0 Å². The molecule has 0 aromatic heterocycles. The average Bonchev–Trinajstić information content (AvgIpc) is 2.90. The van der Waals surface area contributed by atoms with Crippen LogP contribution in [0.3, 0.4) is 0 Å². The van der Waals surface area contributed by atoms with Gasteiger partial charge < -0.3 is 43.4 Å². The molecule has 4 aromatic rings. The molecule has 0 spiro atoms. The number of hydrogen-bond donors (Lipinski definition) is 8. The summed E-state index contributed by atoms with van der Waals surface area (Å²) in [6.45, 7) is 0. The number of nitrogen functional groups attached to an aromatic ring is 4. The summed E-state index contributed by atoms with van der Waals surface area (Å²) in [7, 11) is -3.80. The Morgan fingerprint density at radius 2 is 0.750 bits per heavy atom. The van der Waals surface area contributed by atoms with Gasteiger partial charge in [0.15, 0.2) is 0 Å². The van der Waals surface area contributed by atoms with E-state index in [0.29, 0.717) is 36.4 Å². The lowest BCUT2D eigenvalue weighted by molar-refractivity contribution is -0.288. The summed E-state index contributed by atoms with van der Waals surface area (Å²) in [6, 6.07) is 10.2. The van der Waals surface area contributed by atoms with Gasteiger partial charge in [0, 0.05) is 0 Å². The van der Waals surface area contributed by atoms with Crippen LogP contribution in [-0.4, -0.2) is 41.2 Å². The molecule has 44 heavy (non-hydrogen) atoms. The molecule has 0 atom stereocenters. The van der Waals surface area contributed by atoms with Gasteiger partial charge in [0.2, 0.25) is 15.3 Å². The number of halogens is 6. The maximum atomic E-state index is 13.8. The molecule has 0 saturated heterocycles.